The van der Waals surface area contributed by atoms with Crippen LogP contribution in [0.25, 0.3) is 0 Å². The number of hydrogen-bond acceptors (Lipinski definition) is 5. The molecule has 0 aliphatic carbocycles. The number of carbonyl (C=O) groups excluding carboxylic acids is 3. The van der Waals surface area contributed by atoms with Crippen LogP contribution in [0.3, 0.4) is 0 Å². The molecule has 0 saturated carbocycles. The lowest BCUT2D eigenvalue weighted by atomic mass is 9.88. The summed E-state index contributed by atoms with van der Waals surface area (Å²) in [5.74, 6) is -0.352. The zero-order valence-corrected chi connectivity index (χ0v) is 25.9. The average Bonchev–Trinajstić information content (AvgIpc) is 3.00. The molecule has 7 nitrogen and oxygen atoms in total. The zero-order chi connectivity index (χ0) is 31.0. The first kappa shape index (κ1) is 33.5. The molecule has 0 unspecified atom stereocenters. The van der Waals surface area contributed by atoms with Gasteiger partial charge in [0.15, 0.2) is 0 Å². The van der Waals surface area contributed by atoms with Gasteiger partial charge in [-0.05, 0) is 53.7 Å². The summed E-state index contributed by atoms with van der Waals surface area (Å²) >= 11 is 0. The topological polar surface area (TPSA) is 96.5 Å². The Morgan fingerprint density at radius 1 is 0.721 bits per heavy atom. The van der Waals surface area contributed by atoms with Crippen LogP contribution in [0.15, 0.2) is 91.0 Å². The van der Waals surface area contributed by atoms with Gasteiger partial charge in [0.25, 0.3) is 0 Å². The van der Waals surface area contributed by atoms with E-state index in [1.165, 1.54) is 5.56 Å². The molecule has 0 spiro atoms. The maximum Gasteiger partial charge on any atom is 0.328 e. The van der Waals surface area contributed by atoms with Crippen LogP contribution in [-0.2, 0) is 32.1 Å². The van der Waals surface area contributed by atoms with Crippen molar-refractivity contribution < 1.29 is 19.1 Å². The first-order valence-electron chi connectivity index (χ1n) is 15.3. The van der Waals surface area contributed by atoms with Crippen LogP contribution in [0.1, 0.15) is 63.1 Å². The summed E-state index contributed by atoms with van der Waals surface area (Å²) in [5, 5.41) is 9.09. The van der Waals surface area contributed by atoms with Crippen molar-refractivity contribution in [1.29, 1.82) is 0 Å². The molecule has 0 aromatic heterocycles. The van der Waals surface area contributed by atoms with Crippen molar-refractivity contribution in [3.63, 3.8) is 0 Å². The van der Waals surface area contributed by atoms with Gasteiger partial charge in [-0.1, -0.05) is 119 Å². The van der Waals surface area contributed by atoms with Gasteiger partial charge in [0.2, 0.25) is 11.8 Å². The Kier molecular flexibility index (Phi) is 13.9. The number of rotatable bonds is 17. The van der Waals surface area contributed by atoms with Crippen molar-refractivity contribution in [2.75, 3.05) is 13.1 Å². The van der Waals surface area contributed by atoms with E-state index in [0.29, 0.717) is 31.7 Å². The van der Waals surface area contributed by atoms with Gasteiger partial charge in [-0.2, -0.15) is 0 Å². The van der Waals surface area contributed by atoms with Gasteiger partial charge < -0.3 is 20.7 Å². The number of amides is 2. The Balaban J connectivity index is 1.64. The van der Waals surface area contributed by atoms with Crippen LogP contribution in [0, 0.1) is 11.8 Å². The molecule has 0 aliphatic heterocycles. The number of carbonyl (C=O) groups is 3. The molecule has 0 aliphatic rings. The smallest absolute Gasteiger partial charge is 0.328 e. The monoisotopic (exact) mass is 585 g/mol. The lowest BCUT2D eigenvalue weighted by Gasteiger charge is -2.24. The van der Waals surface area contributed by atoms with Gasteiger partial charge in [0.05, 0.1) is 6.54 Å². The fraction of sp³-hybridized carbons (Fsp3) is 0.417. The molecule has 3 rings (SSSR count). The van der Waals surface area contributed by atoms with Crippen LogP contribution in [0.2, 0.25) is 0 Å². The third kappa shape index (κ3) is 12.0. The van der Waals surface area contributed by atoms with Gasteiger partial charge in [-0.25, -0.2) is 4.79 Å². The highest BCUT2D eigenvalue weighted by atomic mass is 16.5. The van der Waals surface area contributed by atoms with Gasteiger partial charge in [0, 0.05) is 6.54 Å². The van der Waals surface area contributed by atoms with E-state index < -0.39 is 24.0 Å². The van der Waals surface area contributed by atoms with Crippen LogP contribution in [-0.4, -0.2) is 43.0 Å². The van der Waals surface area contributed by atoms with Crippen molar-refractivity contribution in [2.45, 2.75) is 71.6 Å². The predicted molar refractivity (Wildman–Crippen MR) is 171 cm³/mol. The first-order chi connectivity index (χ1) is 20.7. The van der Waals surface area contributed by atoms with Crippen LogP contribution < -0.4 is 16.0 Å². The number of aryl methyl sites for hydroxylation is 1. The third-order valence-electron chi connectivity index (χ3n) is 7.43. The maximum atomic E-state index is 13.6. The summed E-state index contributed by atoms with van der Waals surface area (Å²) < 4.78 is 5.56. The van der Waals surface area contributed by atoms with Crippen LogP contribution in [0.5, 0.6) is 0 Å². The molecule has 0 heterocycles. The summed E-state index contributed by atoms with van der Waals surface area (Å²) in [6.45, 7) is 9.17. The molecule has 3 aromatic carbocycles. The summed E-state index contributed by atoms with van der Waals surface area (Å²) in [4.78, 5) is 39.7. The molecule has 230 valence electrons. The molecule has 0 bridgehead atoms. The third-order valence-corrected chi connectivity index (χ3v) is 7.43. The highest BCUT2D eigenvalue weighted by Gasteiger charge is 2.28. The van der Waals surface area contributed by atoms with Crippen molar-refractivity contribution in [3.05, 3.63) is 108 Å². The van der Waals surface area contributed by atoms with E-state index in [1.807, 2.05) is 92.7 Å². The highest BCUT2D eigenvalue weighted by molar-refractivity contribution is 5.91. The second-order valence-electron chi connectivity index (χ2n) is 11.8. The van der Waals surface area contributed by atoms with E-state index in [-0.39, 0.29) is 30.9 Å². The Morgan fingerprint density at radius 3 is 1.88 bits per heavy atom. The van der Waals surface area contributed by atoms with Crippen LogP contribution >= 0.6 is 0 Å². The Labute approximate surface area is 256 Å². The second-order valence-corrected chi connectivity index (χ2v) is 11.8. The summed E-state index contributed by atoms with van der Waals surface area (Å²) in [5.41, 5.74) is 3.16. The second kappa shape index (κ2) is 17.9. The normalized spacial score (nSPS) is 13.3. The lowest BCUT2D eigenvalue weighted by Crippen LogP contribution is -2.53. The molecule has 43 heavy (non-hydrogen) atoms. The largest absolute Gasteiger partial charge is 0.459 e. The summed E-state index contributed by atoms with van der Waals surface area (Å²) in [6.07, 6.45) is 1.42. The Morgan fingerprint density at radius 2 is 1.30 bits per heavy atom. The summed E-state index contributed by atoms with van der Waals surface area (Å²) in [6, 6.07) is 27.9. The molecule has 2 amide bonds. The number of benzene rings is 3. The zero-order valence-electron chi connectivity index (χ0n) is 25.9. The molecule has 0 fully saturated rings. The molecule has 0 saturated heterocycles. The predicted octanol–water partition coefficient (Wildman–Crippen LogP) is 5.41. The van der Waals surface area contributed by atoms with E-state index in [1.54, 1.807) is 0 Å². The standard InChI is InChI=1S/C36H47N3O4/c1-26(2)22-33(36(42)43-25-29-16-10-6-11-17-29)39-35(41)32(21-20-28-14-8-5-9-15-28)38-34(40)24-37-23-31(27(3)4)30-18-12-7-13-19-30/h5-19,26-27,31-33,37H,20-25H2,1-4H3,(H,38,40)(H,39,41)/t31-,32-,33-/m1/s1. The van der Waals surface area contributed by atoms with E-state index in [4.69, 9.17) is 4.74 Å². The minimum Gasteiger partial charge on any atom is -0.459 e. The maximum absolute atomic E-state index is 13.6. The Hall–Kier alpha value is -3.97. The molecule has 3 atom stereocenters. The lowest BCUT2D eigenvalue weighted by molar-refractivity contribution is -0.149. The molecular weight excluding hydrogens is 538 g/mol. The molecule has 7 heteroatoms. The van der Waals surface area contributed by atoms with Crippen molar-refractivity contribution in [2.24, 2.45) is 11.8 Å². The number of nitrogens with one attached hydrogen (secondary N) is 3. The van der Waals surface area contributed by atoms with E-state index in [0.717, 1.165) is 11.1 Å². The fourth-order valence-electron chi connectivity index (χ4n) is 5.04. The van der Waals surface area contributed by atoms with Crippen molar-refractivity contribution >= 4 is 17.8 Å². The van der Waals surface area contributed by atoms with E-state index >= 15 is 0 Å². The fourth-order valence-corrected chi connectivity index (χ4v) is 5.04. The minimum atomic E-state index is -0.817. The average molecular weight is 586 g/mol. The first-order valence-corrected chi connectivity index (χ1v) is 15.3. The van der Waals surface area contributed by atoms with Gasteiger partial charge >= 0.3 is 5.97 Å². The Bertz CT molecular complexity index is 1250. The van der Waals surface area contributed by atoms with E-state index in [9.17, 15) is 14.4 Å². The van der Waals surface area contributed by atoms with Crippen LogP contribution in [0.4, 0.5) is 0 Å². The van der Waals surface area contributed by atoms with Gasteiger partial charge in [-0.15, -0.1) is 0 Å². The molecule has 3 aromatic rings. The molecule has 0 radical (unpaired) electrons. The molecule has 3 N–H and O–H groups in total. The summed E-state index contributed by atoms with van der Waals surface area (Å²) in [7, 11) is 0. The minimum absolute atomic E-state index is 0.0830. The van der Waals surface area contributed by atoms with Crippen molar-refractivity contribution in [3.8, 4) is 0 Å². The number of esters is 1. The number of hydrogen-bond donors (Lipinski definition) is 3. The van der Waals surface area contributed by atoms with Gasteiger partial charge in [0.1, 0.15) is 18.7 Å². The van der Waals surface area contributed by atoms with Gasteiger partial charge in [-0.3, -0.25) is 9.59 Å². The quantitative estimate of drug-likeness (QED) is 0.184. The SMILES string of the molecule is CC(C)C[C@@H](NC(=O)[C@@H](CCc1ccccc1)NC(=O)CNC[C@@H](c1ccccc1)C(C)C)C(=O)OCc1ccccc1. The van der Waals surface area contributed by atoms with Crippen molar-refractivity contribution in [1.82, 2.24) is 16.0 Å². The molecular formula is C36H47N3O4. The van der Waals surface area contributed by atoms with E-state index in [2.05, 4.69) is 41.9 Å². The number of ether oxygens (including phenoxy) is 1. The highest BCUT2D eigenvalue weighted by Crippen LogP contribution is 2.23.